The van der Waals surface area contributed by atoms with Crippen LogP contribution in [0.2, 0.25) is 0 Å². The van der Waals surface area contributed by atoms with Gasteiger partial charge in [-0.1, -0.05) is 17.7 Å². The molecule has 0 aliphatic carbocycles. The molecule has 0 aromatic heterocycles. The van der Waals surface area contributed by atoms with Gasteiger partial charge in [0.05, 0.1) is 23.5 Å². The molecule has 1 heterocycles. The Labute approximate surface area is 188 Å². The molecule has 0 bridgehead atoms. The van der Waals surface area contributed by atoms with Crippen molar-refractivity contribution >= 4 is 63.5 Å². The van der Waals surface area contributed by atoms with Gasteiger partial charge in [-0.3, -0.25) is 19.8 Å². The molecule has 0 saturated carbocycles. The highest BCUT2D eigenvalue weighted by Crippen LogP contribution is 2.34. The van der Waals surface area contributed by atoms with Gasteiger partial charge in [-0.2, -0.15) is 0 Å². The Kier molecular flexibility index (Phi) is 6.23. The van der Waals surface area contributed by atoms with E-state index in [2.05, 4.69) is 27.9 Å². The highest BCUT2D eigenvalue weighted by Gasteiger charge is 2.35. The molecule has 0 spiro atoms. The van der Waals surface area contributed by atoms with Crippen molar-refractivity contribution in [3.05, 3.63) is 56.2 Å². The number of aryl methyl sites for hydroxylation is 2. The van der Waals surface area contributed by atoms with Crippen LogP contribution in [0.3, 0.4) is 0 Å². The number of methoxy groups -OCH3 is 2. The molecule has 0 atom stereocenters. The summed E-state index contributed by atoms with van der Waals surface area (Å²) < 4.78 is 11.5. The van der Waals surface area contributed by atoms with E-state index in [1.165, 1.54) is 18.1 Å². The van der Waals surface area contributed by atoms with Crippen molar-refractivity contribution < 1.29 is 19.1 Å². The summed E-state index contributed by atoms with van der Waals surface area (Å²) in [7, 11) is 3.09. The van der Waals surface area contributed by atoms with Crippen LogP contribution in [0.5, 0.6) is 11.5 Å². The van der Waals surface area contributed by atoms with Gasteiger partial charge in [0.25, 0.3) is 11.8 Å². The van der Waals surface area contributed by atoms with Crippen molar-refractivity contribution in [1.82, 2.24) is 5.32 Å². The van der Waals surface area contributed by atoms with Crippen molar-refractivity contribution in [3.8, 4) is 11.5 Å². The second kappa shape index (κ2) is 8.50. The van der Waals surface area contributed by atoms with E-state index < -0.39 is 11.8 Å². The van der Waals surface area contributed by atoms with Crippen molar-refractivity contribution in [3.63, 3.8) is 0 Å². The maximum absolute atomic E-state index is 13.2. The molecule has 8 heteroatoms. The summed E-state index contributed by atoms with van der Waals surface area (Å²) in [6, 6.07) is 9.20. The molecule has 0 unspecified atom stereocenters. The molecule has 6 nitrogen and oxygen atoms in total. The zero-order chi connectivity index (χ0) is 21.3. The van der Waals surface area contributed by atoms with Crippen LogP contribution < -0.4 is 19.7 Å². The minimum Gasteiger partial charge on any atom is -0.493 e. The van der Waals surface area contributed by atoms with Crippen LogP contribution in [-0.4, -0.2) is 31.1 Å². The molecular weight excluding hydrogens is 503 g/mol. The van der Waals surface area contributed by atoms with Gasteiger partial charge in [-0.15, -0.1) is 0 Å². The van der Waals surface area contributed by atoms with E-state index in [0.29, 0.717) is 22.7 Å². The number of carbonyl (C=O) groups excluding carboxylic acids is 2. The summed E-state index contributed by atoms with van der Waals surface area (Å²) in [5.74, 6) is 0.0886. The van der Waals surface area contributed by atoms with Crippen molar-refractivity contribution in [2.75, 3.05) is 19.1 Å². The van der Waals surface area contributed by atoms with E-state index >= 15 is 0 Å². The molecule has 1 fully saturated rings. The summed E-state index contributed by atoms with van der Waals surface area (Å²) in [6.07, 6.45) is 1.53. The number of amides is 2. The van der Waals surface area contributed by atoms with Gasteiger partial charge in [-0.25, -0.2) is 0 Å². The van der Waals surface area contributed by atoms with Gasteiger partial charge in [0.15, 0.2) is 16.6 Å². The van der Waals surface area contributed by atoms with Crippen LogP contribution in [0.4, 0.5) is 5.69 Å². The summed E-state index contributed by atoms with van der Waals surface area (Å²) in [6.45, 7) is 3.87. The number of thiocarbonyl (C=S) groups is 1. The second-order valence-corrected chi connectivity index (χ2v) is 8.03. The predicted octanol–water partition coefficient (Wildman–Crippen LogP) is 3.76. The smallest absolute Gasteiger partial charge is 0.270 e. The molecule has 150 valence electrons. The zero-order valence-electron chi connectivity index (χ0n) is 16.3. The fraction of sp³-hybridized carbons (Fsp3) is 0.190. The molecule has 2 aromatic carbocycles. The van der Waals surface area contributed by atoms with Crippen LogP contribution in [0.15, 0.2) is 35.9 Å². The molecule has 0 radical (unpaired) electrons. The molecule has 2 aromatic rings. The average molecular weight is 522 g/mol. The first kappa shape index (κ1) is 21.3. The molecule has 1 aliphatic heterocycles. The van der Waals surface area contributed by atoms with E-state index in [0.717, 1.165) is 14.7 Å². The van der Waals surface area contributed by atoms with Crippen LogP contribution >= 0.6 is 34.8 Å². The van der Waals surface area contributed by atoms with E-state index in [9.17, 15) is 9.59 Å². The lowest BCUT2D eigenvalue weighted by atomic mass is 10.0. The van der Waals surface area contributed by atoms with Gasteiger partial charge in [-0.05, 0) is 84.1 Å². The predicted molar refractivity (Wildman–Crippen MR) is 124 cm³/mol. The number of rotatable bonds is 4. The maximum Gasteiger partial charge on any atom is 0.270 e. The number of benzene rings is 2. The Hall–Kier alpha value is -2.46. The first-order valence-corrected chi connectivity index (χ1v) is 10.2. The second-order valence-electron chi connectivity index (χ2n) is 6.49. The molecule has 29 heavy (non-hydrogen) atoms. The van der Waals surface area contributed by atoms with Gasteiger partial charge in [0.2, 0.25) is 0 Å². The molecule has 1 saturated heterocycles. The van der Waals surface area contributed by atoms with Crippen molar-refractivity contribution in [2.45, 2.75) is 13.8 Å². The summed E-state index contributed by atoms with van der Waals surface area (Å²) in [5, 5.41) is 2.67. The van der Waals surface area contributed by atoms with Crippen molar-refractivity contribution in [2.24, 2.45) is 0 Å². The van der Waals surface area contributed by atoms with E-state index in [4.69, 9.17) is 21.7 Å². The van der Waals surface area contributed by atoms with Crippen LogP contribution in [-0.2, 0) is 9.59 Å². The minimum absolute atomic E-state index is 0.0124. The van der Waals surface area contributed by atoms with Gasteiger partial charge in [0.1, 0.15) is 5.57 Å². The Bertz CT molecular complexity index is 1060. The monoisotopic (exact) mass is 522 g/mol. The first-order chi connectivity index (χ1) is 13.8. The summed E-state index contributed by atoms with van der Waals surface area (Å²) >= 11 is 7.39. The number of hydrogen-bond acceptors (Lipinski definition) is 5. The highest BCUT2D eigenvalue weighted by atomic mass is 127. The van der Waals surface area contributed by atoms with Gasteiger partial charge in [0, 0.05) is 0 Å². The van der Waals surface area contributed by atoms with Crippen LogP contribution in [0.1, 0.15) is 16.7 Å². The number of anilines is 1. The highest BCUT2D eigenvalue weighted by molar-refractivity contribution is 14.1. The van der Waals surface area contributed by atoms with E-state index in [1.54, 1.807) is 13.2 Å². The van der Waals surface area contributed by atoms with Gasteiger partial charge >= 0.3 is 0 Å². The molecular formula is C21H19IN2O4S. The number of hydrogen-bond donors (Lipinski definition) is 1. The normalized spacial score (nSPS) is 15.6. The van der Waals surface area contributed by atoms with E-state index in [1.807, 2.05) is 38.1 Å². The van der Waals surface area contributed by atoms with Crippen molar-refractivity contribution in [1.29, 1.82) is 0 Å². The first-order valence-electron chi connectivity index (χ1n) is 8.67. The fourth-order valence-corrected chi connectivity index (χ4v) is 4.24. The number of nitrogens with one attached hydrogen (secondary N) is 1. The van der Waals surface area contributed by atoms with Crippen LogP contribution in [0, 0.1) is 17.4 Å². The number of halogens is 1. The third kappa shape index (κ3) is 4.13. The number of nitrogens with zero attached hydrogens (tertiary/aromatic N) is 1. The van der Waals surface area contributed by atoms with Gasteiger partial charge < -0.3 is 9.47 Å². The lowest BCUT2D eigenvalue weighted by molar-refractivity contribution is -0.122. The third-order valence-electron chi connectivity index (χ3n) is 4.46. The zero-order valence-corrected chi connectivity index (χ0v) is 19.3. The molecule has 3 rings (SSSR count). The topological polar surface area (TPSA) is 67.9 Å². The third-order valence-corrected chi connectivity index (χ3v) is 5.55. The quantitative estimate of drug-likeness (QED) is 0.287. The molecule has 2 amide bonds. The Balaban J connectivity index is 2.07. The largest absolute Gasteiger partial charge is 0.493 e. The lowest BCUT2D eigenvalue weighted by Crippen LogP contribution is -2.54. The number of carbonyl (C=O) groups is 2. The Morgan fingerprint density at radius 2 is 1.83 bits per heavy atom. The van der Waals surface area contributed by atoms with E-state index in [-0.39, 0.29) is 10.7 Å². The SMILES string of the molecule is COc1cc(/C=C2\C(=O)NC(=S)N(c3ccc(C)cc3C)C2=O)cc(I)c1OC. The average Bonchev–Trinajstić information content (AvgIpc) is 2.66. The summed E-state index contributed by atoms with van der Waals surface area (Å²) in [4.78, 5) is 27.1. The Morgan fingerprint density at radius 1 is 1.10 bits per heavy atom. The fourth-order valence-electron chi connectivity index (χ4n) is 3.12. The van der Waals surface area contributed by atoms with Crippen LogP contribution in [0.25, 0.3) is 6.08 Å². The number of ether oxygens (including phenoxy) is 2. The molecule has 1 N–H and O–H groups in total. The molecule has 1 aliphatic rings. The maximum atomic E-state index is 13.2. The minimum atomic E-state index is -0.536. The lowest BCUT2D eigenvalue weighted by Gasteiger charge is -2.30. The Morgan fingerprint density at radius 3 is 2.45 bits per heavy atom. The summed E-state index contributed by atoms with van der Waals surface area (Å²) in [5.41, 5.74) is 3.22. The standard InChI is InChI=1S/C21H19IN2O4S/c1-11-5-6-16(12(2)7-11)24-20(26)14(19(25)23-21(24)29)8-13-9-15(22)18(28-4)17(10-13)27-3/h5-10H,1-4H3,(H,23,25,29)/b14-8+.